The van der Waals surface area contributed by atoms with Gasteiger partial charge < -0.3 is 5.11 Å². The molecular weight excluding hydrogens is 512 g/mol. The van der Waals surface area contributed by atoms with Gasteiger partial charge in [0.1, 0.15) is 6.04 Å². The van der Waals surface area contributed by atoms with Gasteiger partial charge in [-0.3, -0.25) is 14.5 Å². The first-order chi connectivity index (χ1) is 15.4. The van der Waals surface area contributed by atoms with Crippen LogP contribution in [0.4, 0.5) is 5.13 Å². The molecule has 0 fully saturated rings. The van der Waals surface area contributed by atoms with Crippen molar-refractivity contribution in [1.82, 2.24) is 4.98 Å². The average Bonchev–Trinajstić information content (AvgIpc) is 3.32. The Hall–Kier alpha value is -3.00. The summed E-state index contributed by atoms with van der Waals surface area (Å²) in [5.74, 6) is -1.45. The number of fused-ring (bicyclic) bond motifs is 1. The fourth-order valence-corrected chi connectivity index (χ4v) is 5.39. The molecular formula is C24H14BrClN2O3S. The number of thiazole rings is 1. The molecule has 158 valence electrons. The van der Waals surface area contributed by atoms with Crippen molar-refractivity contribution in [2.45, 2.75) is 6.04 Å². The van der Waals surface area contributed by atoms with Crippen LogP contribution < -0.4 is 4.90 Å². The molecule has 2 heterocycles. The second kappa shape index (κ2) is 8.16. The molecule has 0 saturated carbocycles. The fourth-order valence-electron chi connectivity index (χ4n) is 3.72. The molecule has 8 heteroatoms. The lowest BCUT2D eigenvalue weighted by atomic mass is 9.93. The van der Waals surface area contributed by atoms with E-state index in [1.807, 2.05) is 24.3 Å². The number of benzene rings is 3. The molecule has 3 aromatic carbocycles. The van der Waals surface area contributed by atoms with E-state index in [4.69, 9.17) is 11.6 Å². The number of rotatable bonds is 4. The predicted octanol–water partition coefficient (Wildman–Crippen LogP) is 6.28. The van der Waals surface area contributed by atoms with Crippen molar-refractivity contribution >= 4 is 71.5 Å². The molecule has 1 atom stereocenters. The summed E-state index contributed by atoms with van der Waals surface area (Å²) < 4.78 is 1.74. The summed E-state index contributed by atoms with van der Waals surface area (Å²) in [4.78, 5) is 32.8. The van der Waals surface area contributed by atoms with Gasteiger partial charge in [-0.1, -0.05) is 81.3 Å². The van der Waals surface area contributed by atoms with Crippen LogP contribution in [0.15, 0.2) is 83.0 Å². The molecule has 32 heavy (non-hydrogen) atoms. The summed E-state index contributed by atoms with van der Waals surface area (Å²) in [6, 6.07) is 19.9. The molecule has 1 aromatic heterocycles. The van der Waals surface area contributed by atoms with Crippen molar-refractivity contribution in [2.24, 2.45) is 0 Å². The number of Topliss-reactive ketones (excluding diaryl/α,β-unsaturated/α-hetero) is 1. The molecule has 0 bridgehead atoms. The van der Waals surface area contributed by atoms with E-state index in [1.165, 1.54) is 16.2 Å². The van der Waals surface area contributed by atoms with Gasteiger partial charge in [0, 0.05) is 20.6 Å². The van der Waals surface area contributed by atoms with E-state index in [0.29, 0.717) is 26.8 Å². The number of aliphatic hydroxyl groups excluding tert-OH is 1. The van der Waals surface area contributed by atoms with E-state index in [9.17, 15) is 14.7 Å². The van der Waals surface area contributed by atoms with Gasteiger partial charge in [0.2, 0.25) is 0 Å². The highest BCUT2D eigenvalue weighted by atomic mass is 79.9. The Balaban J connectivity index is 1.69. The Bertz CT molecular complexity index is 1400. The Morgan fingerprint density at radius 3 is 2.50 bits per heavy atom. The molecule has 1 N–H and O–H groups in total. The Morgan fingerprint density at radius 2 is 1.78 bits per heavy atom. The maximum atomic E-state index is 13.6. The summed E-state index contributed by atoms with van der Waals surface area (Å²) >= 11 is 10.8. The third-order valence-corrected chi connectivity index (χ3v) is 6.98. The number of carbonyl (C=O) groups excluding carboxylic acids is 2. The molecule has 1 aliphatic rings. The number of amides is 1. The number of carbonyl (C=O) groups is 2. The molecule has 1 aliphatic heterocycles. The van der Waals surface area contributed by atoms with Crippen LogP contribution in [-0.4, -0.2) is 27.8 Å². The van der Waals surface area contributed by atoms with Crippen LogP contribution in [0.5, 0.6) is 0 Å². The molecule has 0 spiro atoms. The third kappa shape index (κ3) is 3.52. The van der Waals surface area contributed by atoms with Crippen molar-refractivity contribution in [1.29, 1.82) is 0 Å². The first kappa shape index (κ1) is 20.9. The van der Waals surface area contributed by atoms with Crippen molar-refractivity contribution in [2.75, 3.05) is 4.90 Å². The molecule has 5 nitrogen and oxygen atoms in total. The normalized spacial score (nSPS) is 16.2. The van der Waals surface area contributed by atoms with Gasteiger partial charge in [-0.05, 0) is 35.9 Å². The van der Waals surface area contributed by atoms with Gasteiger partial charge in [-0.15, -0.1) is 0 Å². The maximum absolute atomic E-state index is 13.6. The van der Waals surface area contributed by atoms with E-state index in [-0.39, 0.29) is 11.4 Å². The molecule has 0 saturated heterocycles. The number of nitrogens with zero attached hydrogens (tertiary/aromatic N) is 2. The third-order valence-electron chi connectivity index (χ3n) is 5.22. The first-order valence-electron chi connectivity index (χ1n) is 9.62. The fraction of sp³-hybridized carbons (Fsp3) is 0.0417. The zero-order valence-corrected chi connectivity index (χ0v) is 19.5. The lowest BCUT2D eigenvalue weighted by molar-refractivity contribution is -0.116. The molecule has 0 aliphatic carbocycles. The van der Waals surface area contributed by atoms with Crippen molar-refractivity contribution in [3.8, 4) is 0 Å². The summed E-state index contributed by atoms with van der Waals surface area (Å²) in [6.07, 6.45) is 0. The van der Waals surface area contributed by atoms with Crippen LogP contribution in [-0.2, 0) is 4.79 Å². The zero-order chi connectivity index (χ0) is 22.4. The van der Waals surface area contributed by atoms with E-state index >= 15 is 0 Å². The molecule has 1 amide bonds. The van der Waals surface area contributed by atoms with E-state index < -0.39 is 17.7 Å². The number of hydrogen-bond acceptors (Lipinski definition) is 5. The summed E-state index contributed by atoms with van der Waals surface area (Å²) in [5.41, 5.74) is 1.91. The first-order valence-corrected chi connectivity index (χ1v) is 11.6. The minimum absolute atomic E-state index is 0.237. The Labute approximate surface area is 200 Å². The maximum Gasteiger partial charge on any atom is 0.296 e. The Morgan fingerprint density at radius 1 is 1.06 bits per heavy atom. The van der Waals surface area contributed by atoms with Gasteiger partial charge in [-0.25, -0.2) is 4.98 Å². The van der Waals surface area contributed by atoms with E-state index in [1.54, 1.807) is 48.5 Å². The largest absolute Gasteiger partial charge is 0.503 e. The van der Waals surface area contributed by atoms with Gasteiger partial charge in [-0.2, -0.15) is 0 Å². The second-order valence-corrected chi connectivity index (χ2v) is 9.55. The number of ketones is 1. The standard InChI is InChI=1S/C24H14BrClN2O3S/c25-15-8-11-17-18(12-15)32-24(27-17)28-20(21(29)14-4-2-1-3-5-14)19(22(30)23(28)31)13-6-9-16(26)10-7-13/h1-12,20,30H. The van der Waals surface area contributed by atoms with Crippen molar-refractivity contribution in [3.05, 3.63) is 99.2 Å². The van der Waals surface area contributed by atoms with Crippen LogP contribution in [0.1, 0.15) is 15.9 Å². The second-order valence-electron chi connectivity index (χ2n) is 7.19. The smallest absolute Gasteiger partial charge is 0.296 e. The number of aromatic nitrogens is 1. The number of hydrogen-bond donors (Lipinski definition) is 1. The summed E-state index contributed by atoms with van der Waals surface area (Å²) in [7, 11) is 0. The van der Waals surface area contributed by atoms with E-state index in [0.717, 1.165) is 9.17 Å². The molecule has 4 aromatic rings. The van der Waals surface area contributed by atoms with Crippen molar-refractivity contribution < 1.29 is 14.7 Å². The number of anilines is 1. The molecule has 1 unspecified atom stereocenters. The summed E-state index contributed by atoms with van der Waals surface area (Å²) in [6.45, 7) is 0. The van der Waals surface area contributed by atoms with Gasteiger partial charge in [0.05, 0.1) is 10.2 Å². The van der Waals surface area contributed by atoms with Crippen LogP contribution in [0, 0.1) is 0 Å². The highest BCUT2D eigenvalue weighted by molar-refractivity contribution is 9.10. The lowest BCUT2D eigenvalue weighted by Gasteiger charge is -2.23. The topological polar surface area (TPSA) is 70.5 Å². The number of aliphatic hydroxyl groups is 1. The molecule has 5 rings (SSSR count). The monoisotopic (exact) mass is 524 g/mol. The minimum Gasteiger partial charge on any atom is -0.503 e. The van der Waals surface area contributed by atoms with Crippen molar-refractivity contribution in [3.63, 3.8) is 0 Å². The molecule has 0 radical (unpaired) electrons. The quantitative estimate of drug-likeness (QED) is 0.318. The van der Waals surface area contributed by atoms with E-state index in [2.05, 4.69) is 20.9 Å². The zero-order valence-electron chi connectivity index (χ0n) is 16.3. The number of halogens is 2. The highest BCUT2D eigenvalue weighted by Crippen LogP contribution is 2.41. The minimum atomic E-state index is -1.06. The lowest BCUT2D eigenvalue weighted by Crippen LogP contribution is -2.41. The van der Waals surface area contributed by atoms with Crippen LogP contribution in [0.25, 0.3) is 15.8 Å². The van der Waals surface area contributed by atoms with Gasteiger partial charge in [0.25, 0.3) is 5.91 Å². The van der Waals surface area contributed by atoms with Gasteiger partial charge in [0.15, 0.2) is 16.7 Å². The van der Waals surface area contributed by atoms with Crippen LogP contribution in [0.2, 0.25) is 5.02 Å². The SMILES string of the molecule is O=C(c1ccccc1)C1C(c2ccc(Cl)cc2)=C(O)C(=O)N1c1nc2ccc(Br)cc2s1. The highest BCUT2D eigenvalue weighted by Gasteiger charge is 2.46. The van der Waals surface area contributed by atoms with Crippen LogP contribution in [0.3, 0.4) is 0 Å². The summed E-state index contributed by atoms with van der Waals surface area (Å²) in [5, 5.41) is 11.7. The van der Waals surface area contributed by atoms with Crippen LogP contribution >= 0.6 is 38.9 Å². The van der Waals surface area contributed by atoms with Gasteiger partial charge >= 0.3 is 0 Å². The predicted molar refractivity (Wildman–Crippen MR) is 130 cm³/mol. The average molecular weight is 526 g/mol. The Kier molecular flexibility index (Phi) is 5.33.